The normalized spacial score (nSPS) is 14.6. The molecule has 23 heavy (non-hydrogen) atoms. The van der Waals surface area contributed by atoms with Gasteiger partial charge in [-0.25, -0.2) is 0 Å². The second kappa shape index (κ2) is 5.82. The predicted molar refractivity (Wildman–Crippen MR) is 97.1 cm³/mol. The van der Waals surface area contributed by atoms with Gasteiger partial charge in [0.2, 0.25) is 0 Å². The van der Waals surface area contributed by atoms with Gasteiger partial charge in [0.25, 0.3) is 5.91 Å². The molecule has 0 N–H and O–H groups in total. The van der Waals surface area contributed by atoms with Crippen molar-refractivity contribution < 1.29 is 4.79 Å². The second-order valence-corrected chi connectivity index (χ2v) is 7.24. The number of fused-ring (bicyclic) bond motifs is 1. The molecule has 0 saturated carbocycles. The van der Waals surface area contributed by atoms with Gasteiger partial charge in [0.05, 0.1) is 4.88 Å². The molecule has 1 aromatic heterocycles. The third-order valence-electron chi connectivity index (χ3n) is 4.54. The van der Waals surface area contributed by atoms with Crippen LogP contribution in [0.1, 0.15) is 28.1 Å². The van der Waals surface area contributed by atoms with Crippen molar-refractivity contribution in [3.05, 3.63) is 59.0 Å². The van der Waals surface area contributed by atoms with E-state index in [1.54, 1.807) is 11.3 Å². The van der Waals surface area contributed by atoms with Crippen molar-refractivity contribution >= 4 is 28.0 Å². The van der Waals surface area contributed by atoms with Crippen LogP contribution in [0.4, 0.5) is 0 Å². The number of amides is 1. The van der Waals surface area contributed by atoms with E-state index in [-0.39, 0.29) is 5.91 Å². The van der Waals surface area contributed by atoms with Crippen LogP contribution in [0.15, 0.2) is 48.5 Å². The van der Waals surface area contributed by atoms with Crippen LogP contribution in [0.25, 0.3) is 21.2 Å². The summed E-state index contributed by atoms with van der Waals surface area (Å²) in [6.45, 7) is 3.85. The van der Waals surface area contributed by atoms with Crippen molar-refractivity contribution in [2.24, 2.45) is 0 Å². The lowest BCUT2D eigenvalue weighted by molar-refractivity contribution is 0.0797. The average Bonchev–Trinajstić information content (AvgIpc) is 3.23. The van der Waals surface area contributed by atoms with Gasteiger partial charge in [-0.3, -0.25) is 4.79 Å². The highest BCUT2D eigenvalue weighted by Gasteiger charge is 2.23. The van der Waals surface area contributed by atoms with E-state index in [1.165, 1.54) is 21.2 Å². The Hall–Kier alpha value is -2.13. The Balaban J connectivity index is 1.71. The molecule has 116 valence electrons. The van der Waals surface area contributed by atoms with Gasteiger partial charge in [0, 0.05) is 18.0 Å². The molecule has 0 unspecified atom stereocenters. The fraction of sp³-hybridized carbons (Fsp3) is 0.250. The van der Waals surface area contributed by atoms with Crippen LogP contribution < -0.4 is 0 Å². The van der Waals surface area contributed by atoms with Crippen molar-refractivity contribution in [1.29, 1.82) is 0 Å². The van der Waals surface area contributed by atoms with Crippen molar-refractivity contribution in [3.8, 4) is 10.4 Å². The number of aryl methyl sites for hydroxylation is 1. The van der Waals surface area contributed by atoms with Crippen LogP contribution in [0.5, 0.6) is 0 Å². The van der Waals surface area contributed by atoms with E-state index in [2.05, 4.69) is 48.5 Å². The molecule has 1 amide bonds. The first-order chi connectivity index (χ1) is 11.2. The van der Waals surface area contributed by atoms with Crippen LogP contribution >= 0.6 is 11.3 Å². The van der Waals surface area contributed by atoms with Crippen LogP contribution in [-0.2, 0) is 0 Å². The van der Waals surface area contributed by atoms with Gasteiger partial charge in [0.1, 0.15) is 0 Å². The maximum absolute atomic E-state index is 12.7. The summed E-state index contributed by atoms with van der Waals surface area (Å²) in [5.74, 6) is 0.206. The van der Waals surface area contributed by atoms with Gasteiger partial charge < -0.3 is 4.90 Å². The van der Waals surface area contributed by atoms with E-state index in [1.807, 2.05) is 11.8 Å². The Morgan fingerprint density at radius 1 is 1.00 bits per heavy atom. The molecule has 2 nitrogen and oxygen atoms in total. The number of benzene rings is 2. The number of thiophene rings is 1. The maximum atomic E-state index is 12.7. The SMILES string of the molecule is Cc1cc(-c2ccc3ccccc3c2)sc1C(=O)N1CCCC1. The minimum absolute atomic E-state index is 0.206. The number of likely N-dealkylation sites (tertiary alicyclic amines) is 1. The highest BCUT2D eigenvalue weighted by atomic mass is 32.1. The molecule has 0 aliphatic carbocycles. The lowest BCUT2D eigenvalue weighted by atomic mass is 10.1. The Morgan fingerprint density at radius 2 is 1.74 bits per heavy atom. The molecule has 2 heterocycles. The molecule has 0 atom stereocenters. The summed E-state index contributed by atoms with van der Waals surface area (Å²) in [6.07, 6.45) is 2.27. The fourth-order valence-electron chi connectivity index (χ4n) is 3.24. The Labute approximate surface area is 140 Å². The third kappa shape index (κ3) is 2.66. The molecule has 0 bridgehead atoms. The molecule has 1 fully saturated rings. The minimum atomic E-state index is 0.206. The van der Waals surface area contributed by atoms with Gasteiger partial charge in [-0.2, -0.15) is 0 Å². The minimum Gasteiger partial charge on any atom is -0.338 e. The lowest BCUT2D eigenvalue weighted by Gasteiger charge is -2.14. The number of nitrogens with zero attached hydrogens (tertiary/aromatic N) is 1. The number of carbonyl (C=O) groups is 1. The van der Waals surface area contributed by atoms with Crippen molar-refractivity contribution in [1.82, 2.24) is 4.90 Å². The Kier molecular flexibility index (Phi) is 3.66. The molecule has 4 rings (SSSR count). The molecule has 2 aromatic carbocycles. The van der Waals surface area contributed by atoms with Gasteiger partial charge in [-0.1, -0.05) is 36.4 Å². The smallest absolute Gasteiger partial charge is 0.264 e. The van der Waals surface area contributed by atoms with Gasteiger partial charge in [0.15, 0.2) is 0 Å². The summed E-state index contributed by atoms with van der Waals surface area (Å²) in [7, 11) is 0. The van der Waals surface area contributed by atoms with Crippen LogP contribution in [0, 0.1) is 6.92 Å². The van der Waals surface area contributed by atoms with Gasteiger partial charge in [-0.15, -0.1) is 11.3 Å². The summed E-state index contributed by atoms with van der Waals surface area (Å²) >= 11 is 1.62. The van der Waals surface area contributed by atoms with Crippen LogP contribution in [0.3, 0.4) is 0 Å². The van der Waals surface area contributed by atoms with E-state index in [4.69, 9.17) is 0 Å². The zero-order valence-electron chi connectivity index (χ0n) is 13.2. The molecule has 3 aromatic rings. The maximum Gasteiger partial charge on any atom is 0.264 e. The molecule has 0 spiro atoms. The highest BCUT2D eigenvalue weighted by Crippen LogP contribution is 2.34. The van der Waals surface area contributed by atoms with Crippen LogP contribution in [0.2, 0.25) is 0 Å². The van der Waals surface area contributed by atoms with E-state index >= 15 is 0 Å². The summed E-state index contributed by atoms with van der Waals surface area (Å²) in [5, 5.41) is 2.49. The first-order valence-electron chi connectivity index (χ1n) is 8.11. The monoisotopic (exact) mass is 321 g/mol. The van der Waals surface area contributed by atoms with Gasteiger partial charge >= 0.3 is 0 Å². The fourth-order valence-corrected chi connectivity index (χ4v) is 4.38. The number of hydrogen-bond donors (Lipinski definition) is 0. The van der Waals surface area contributed by atoms with Gasteiger partial charge in [-0.05, 0) is 53.8 Å². The third-order valence-corrected chi connectivity index (χ3v) is 5.81. The second-order valence-electron chi connectivity index (χ2n) is 6.18. The number of rotatable bonds is 2. The molecule has 3 heteroatoms. The molecule has 1 saturated heterocycles. The number of carbonyl (C=O) groups excluding carboxylic acids is 1. The molecule has 1 aliphatic rings. The van der Waals surface area contributed by atoms with Crippen molar-refractivity contribution in [2.45, 2.75) is 19.8 Å². The first-order valence-corrected chi connectivity index (χ1v) is 8.93. The van der Waals surface area contributed by atoms with Crippen LogP contribution in [-0.4, -0.2) is 23.9 Å². The first kappa shape index (κ1) is 14.5. The highest BCUT2D eigenvalue weighted by molar-refractivity contribution is 7.17. The Morgan fingerprint density at radius 3 is 2.52 bits per heavy atom. The summed E-state index contributed by atoms with van der Waals surface area (Å²) < 4.78 is 0. The van der Waals surface area contributed by atoms with E-state index in [0.717, 1.165) is 36.4 Å². The molecular formula is C20H19NOS. The quantitative estimate of drug-likeness (QED) is 0.642. The summed E-state index contributed by atoms with van der Waals surface area (Å²) in [5.41, 5.74) is 2.28. The Bertz CT molecular complexity index is 874. The van der Waals surface area contributed by atoms with E-state index < -0.39 is 0 Å². The standard InChI is InChI=1S/C20H19NOS/c1-14-12-18(23-19(14)20(22)21-10-4-5-11-21)17-9-8-15-6-2-3-7-16(15)13-17/h2-3,6-9,12-13H,4-5,10-11H2,1H3. The molecular weight excluding hydrogens is 302 g/mol. The molecule has 0 radical (unpaired) electrons. The zero-order valence-corrected chi connectivity index (χ0v) is 14.0. The number of hydrogen-bond acceptors (Lipinski definition) is 2. The summed E-state index contributed by atoms with van der Waals surface area (Å²) in [6, 6.07) is 17.1. The average molecular weight is 321 g/mol. The summed E-state index contributed by atoms with van der Waals surface area (Å²) in [4.78, 5) is 16.7. The largest absolute Gasteiger partial charge is 0.338 e. The van der Waals surface area contributed by atoms with Crippen molar-refractivity contribution in [3.63, 3.8) is 0 Å². The molecule has 1 aliphatic heterocycles. The topological polar surface area (TPSA) is 20.3 Å². The van der Waals surface area contributed by atoms with E-state index in [9.17, 15) is 4.79 Å². The zero-order chi connectivity index (χ0) is 15.8. The van der Waals surface area contributed by atoms with Crippen molar-refractivity contribution in [2.75, 3.05) is 13.1 Å². The predicted octanol–water partition coefficient (Wildman–Crippen LogP) is 5.11. The lowest BCUT2D eigenvalue weighted by Crippen LogP contribution is -2.27. The van der Waals surface area contributed by atoms with E-state index in [0.29, 0.717) is 0 Å².